The van der Waals surface area contributed by atoms with Gasteiger partial charge in [-0.15, -0.1) is 0 Å². The van der Waals surface area contributed by atoms with Crippen LogP contribution in [0, 0.1) is 6.92 Å². The van der Waals surface area contributed by atoms with Gasteiger partial charge in [0, 0.05) is 17.8 Å². The molecule has 0 saturated carbocycles. The van der Waals surface area contributed by atoms with Gasteiger partial charge in [-0.25, -0.2) is 0 Å². The average molecular weight is 244 g/mol. The molecule has 0 spiro atoms. The first-order valence-electron chi connectivity index (χ1n) is 5.36. The van der Waals surface area contributed by atoms with Gasteiger partial charge in [-0.1, -0.05) is 18.2 Å². The molecule has 1 aromatic heterocycles. The summed E-state index contributed by atoms with van der Waals surface area (Å²) in [5.41, 5.74) is 1.17. The zero-order valence-corrected chi connectivity index (χ0v) is 9.73. The van der Waals surface area contributed by atoms with E-state index in [1.54, 1.807) is 12.1 Å². The first-order valence-corrected chi connectivity index (χ1v) is 5.36. The third kappa shape index (κ3) is 2.57. The fourth-order valence-corrected chi connectivity index (χ4v) is 1.57. The van der Waals surface area contributed by atoms with Crippen molar-refractivity contribution in [2.75, 3.05) is 5.32 Å². The number of aromatic hydroxyl groups is 1. The van der Waals surface area contributed by atoms with Crippen molar-refractivity contribution in [3.63, 3.8) is 0 Å². The molecular formula is C13H12N2O3. The molecule has 5 heteroatoms. The van der Waals surface area contributed by atoms with Crippen molar-refractivity contribution in [2.24, 2.45) is 0 Å². The quantitative estimate of drug-likeness (QED) is 0.751. The molecule has 92 valence electrons. The molecule has 0 fully saturated rings. The fourth-order valence-electron chi connectivity index (χ4n) is 1.57. The van der Waals surface area contributed by atoms with Gasteiger partial charge < -0.3 is 10.4 Å². The smallest absolute Gasteiger partial charge is 0.256 e. The lowest BCUT2D eigenvalue weighted by molar-refractivity contribution is 0.102. The molecule has 0 atom stereocenters. The zero-order valence-electron chi connectivity index (χ0n) is 9.73. The first-order chi connectivity index (χ1) is 8.56. The van der Waals surface area contributed by atoms with Crippen molar-refractivity contribution < 1.29 is 9.90 Å². The number of carbonyl (C=O) groups is 1. The Bertz CT molecular complexity index is 647. The molecule has 0 radical (unpaired) electrons. The van der Waals surface area contributed by atoms with E-state index in [0.29, 0.717) is 5.69 Å². The summed E-state index contributed by atoms with van der Waals surface area (Å²) in [6.45, 7) is 1.87. The van der Waals surface area contributed by atoms with Gasteiger partial charge in [0.05, 0.1) is 5.56 Å². The van der Waals surface area contributed by atoms with Crippen LogP contribution < -0.4 is 10.9 Å². The molecule has 0 saturated heterocycles. The van der Waals surface area contributed by atoms with Crippen LogP contribution in [0.15, 0.2) is 41.2 Å². The van der Waals surface area contributed by atoms with Crippen LogP contribution in [0.25, 0.3) is 0 Å². The summed E-state index contributed by atoms with van der Waals surface area (Å²) >= 11 is 0. The molecule has 1 amide bonds. The Balaban J connectivity index is 2.28. The molecule has 5 nitrogen and oxygen atoms in total. The van der Waals surface area contributed by atoms with E-state index in [-0.39, 0.29) is 11.4 Å². The van der Waals surface area contributed by atoms with E-state index in [1.165, 1.54) is 6.07 Å². The number of para-hydroxylation sites is 1. The van der Waals surface area contributed by atoms with Crippen molar-refractivity contribution in [1.82, 2.24) is 4.98 Å². The highest BCUT2D eigenvalue weighted by molar-refractivity contribution is 6.04. The van der Waals surface area contributed by atoms with Gasteiger partial charge in [0.1, 0.15) is 0 Å². The molecule has 2 aromatic rings. The number of carbonyl (C=O) groups excluding carboxylic acids is 1. The summed E-state index contributed by atoms with van der Waals surface area (Å²) in [5, 5.41) is 11.9. The Hall–Kier alpha value is -2.56. The predicted octanol–water partition coefficient (Wildman–Crippen LogP) is 1.64. The van der Waals surface area contributed by atoms with E-state index >= 15 is 0 Å². The highest BCUT2D eigenvalue weighted by Gasteiger charge is 2.09. The third-order valence-corrected chi connectivity index (χ3v) is 2.49. The first kappa shape index (κ1) is 11.9. The summed E-state index contributed by atoms with van der Waals surface area (Å²) < 4.78 is 0. The van der Waals surface area contributed by atoms with Gasteiger partial charge in [0.2, 0.25) is 0 Å². The van der Waals surface area contributed by atoms with E-state index in [4.69, 9.17) is 0 Å². The molecule has 0 unspecified atom stereocenters. The number of hydrogen-bond donors (Lipinski definition) is 3. The lowest BCUT2D eigenvalue weighted by Crippen LogP contribution is -2.16. The Morgan fingerprint density at radius 2 is 2.00 bits per heavy atom. The number of hydrogen-bond acceptors (Lipinski definition) is 3. The van der Waals surface area contributed by atoms with E-state index < -0.39 is 11.5 Å². The molecule has 1 aromatic carbocycles. The summed E-state index contributed by atoms with van der Waals surface area (Å²) in [6.07, 6.45) is 0. The predicted molar refractivity (Wildman–Crippen MR) is 67.9 cm³/mol. The molecule has 1 heterocycles. The van der Waals surface area contributed by atoms with Gasteiger partial charge in [-0.2, -0.15) is 0 Å². The number of aromatic nitrogens is 1. The Morgan fingerprint density at radius 3 is 2.67 bits per heavy atom. The van der Waals surface area contributed by atoms with Crippen LogP contribution in [0.5, 0.6) is 5.88 Å². The van der Waals surface area contributed by atoms with Crippen molar-refractivity contribution in [3.8, 4) is 5.88 Å². The number of anilines is 1. The van der Waals surface area contributed by atoms with Crippen LogP contribution in [0.4, 0.5) is 5.69 Å². The topological polar surface area (TPSA) is 82.2 Å². The van der Waals surface area contributed by atoms with E-state index in [1.807, 2.05) is 19.1 Å². The van der Waals surface area contributed by atoms with Crippen molar-refractivity contribution in [1.29, 1.82) is 0 Å². The van der Waals surface area contributed by atoms with Gasteiger partial charge in [0.25, 0.3) is 11.5 Å². The van der Waals surface area contributed by atoms with Crippen molar-refractivity contribution >= 4 is 11.6 Å². The number of rotatable bonds is 2. The highest BCUT2D eigenvalue weighted by atomic mass is 16.3. The molecule has 0 bridgehead atoms. The number of aryl methyl sites for hydroxylation is 1. The second-order valence-corrected chi connectivity index (χ2v) is 3.89. The molecule has 2 rings (SSSR count). The normalized spacial score (nSPS) is 10.1. The number of amides is 1. The lowest BCUT2D eigenvalue weighted by Gasteiger charge is -2.07. The second kappa shape index (κ2) is 4.75. The fraction of sp³-hybridized carbons (Fsp3) is 0.0769. The minimum Gasteiger partial charge on any atom is -0.494 e. The summed E-state index contributed by atoms with van der Waals surface area (Å²) in [6, 6.07) is 9.63. The number of aromatic amines is 1. The summed E-state index contributed by atoms with van der Waals surface area (Å²) in [4.78, 5) is 25.2. The van der Waals surface area contributed by atoms with Crippen LogP contribution in [0.2, 0.25) is 0 Å². The number of H-pyrrole nitrogens is 1. The molecule has 0 aliphatic rings. The maximum atomic E-state index is 11.9. The number of nitrogens with one attached hydrogen (secondary N) is 2. The monoisotopic (exact) mass is 244 g/mol. The van der Waals surface area contributed by atoms with E-state index in [0.717, 1.165) is 11.6 Å². The van der Waals surface area contributed by atoms with Gasteiger partial charge in [-0.05, 0) is 18.6 Å². The van der Waals surface area contributed by atoms with Crippen LogP contribution in [-0.2, 0) is 0 Å². The Labute approximate surface area is 103 Å². The van der Waals surface area contributed by atoms with E-state index in [9.17, 15) is 14.7 Å². The highest BCUT2D eigenvalue weighted by Crippen LogP contribution is 2.15. The minimum absolute atomic E-state index is 0.111. The standard InChI is InChI=1S/C13H12N2O3/c1-8-4-2-3-5-10(8)14-13(18)9-6-11(16)15-12(17)7-9/h2-7H,1H3,(H,14,18)(H2,15,16,17). The second-order valence-electron chi connectivity index (χ2n) is 3.89. The van der Waals surface area contributed by atoms with Crippen molar-refractivity contribution in [2.45, 2.75) is 6.92 Å². The lowest BCUT2D eigenvalue weighted by atomic mass is 10.2. The average Bonchev–Trinajstić information content (AvgIpc) is 2.31. The van der Waals surface area contributed by atoms with Crippen LogP contribution in [0.3, 0.4) is 0 Å². The third-order valence-electron chi connectivity index (χ3n) is 2.49. The zero-order chi connectivity index (χ0) is 13.1. The maximum Gasteiger partial charge on any atom is 0.256 e. The van der Waals surface area contributed by atoms with E-state index in [2.05, 4.69) is 10.3 Å². The van der Waals surface area contributed by atoms with Crippen molar-refractivity contribution in [3.05, 3.63) is 57.9 Å². The SMILES string of the molecule is Cc1ccccc1NC(=O)c1cc(O)[nH]c(=O)c1. The number of pyridine rings is 1. The maximum absolute atomic E-state index is 11.9. The van der Waals surface area contributed by atoms with Crippen LogP contribution >= 0.6 is 0 Å². The van der Waals surface area contributed by atoms with Gasteiger partial charge in [0.15, 0.2) is 5.88 Å². The Morgan fingerprint density at radius 1 is 1.28 bits per heavy atom. The molecule has 3 N–H and O–H groups in total. The molecule has 0 aliphatic heterocycles. The minimum atomic E-state index is -0.523. The largest absolute Gasteiger partial charge is 0.494 e. The van der Waals surface area contributed by atoms with Crippen LogP contribution in [-0.4, -0.2) is 16.0 Å². The van der Waals surface area contributed by atoms with Crippen LogP contribution in [0.1, 0.15) is 15.9 Å². The molecular weight excluding hydrogens is 232 g/mol. The summed E-state index contributed by atoms with van der Waals surface area (Å²) in [7, 11) is 0. The molecule has 18 heavy (non-hydrogen) atoms. The Kier molecular flexibility index (Phi) is 3.14. The summed E-state index contributed by atoms with van der Waals surface area (Å²) in [5.74, 6) is -0.775. The molecule has 0 aliphatic carbocycles. The van der Waals surface area contributed by atoms with Gasteiger partial charge in [-0.3, -0.25) is 14.6 Å². The number of benzene rings is 1. The van der Waals surface area contributed by atoms with Gasteiger partial charge >= 0.3 is 0 Å².